The van der Waals surface area contributed by atoms with Gasteiger partial charge >= 0.3 is 5.97 Å². The summed E-state index contributed by atoms with van der Waals surface area (Å²) < 4.78 is 10.4. The van der Waals surface area contributed by atoms with E-state index in [0.29, 0.717) is 19.4 Å². The number of hydrogen-bond donors (Lipinski definition) is 1. The Balaban J connectivity index is 2.17. The third kappa shape index (κ3) is 4.45. The minimum absolute atomic E-state index is 0.125. The first-order valence-electron chi connectivity index (χ1n) is 8.52. The average Bonchev–Trinajstić information content (AvgIpc) is 2.54. The number of carbonyl (C=O) groups is 3. The van der Waals surface area contributed by atoms with Gasteiger partial charge in [0.05, 0.1) is 6.61 Å². The molecule has 0 bridgehead atoms. The SMILES string of the molecule is CCOC(=O)C1NC(=O)C(CC(C)C)N(OC2CCCCO2)C1=O. The summed E-state index contributed by atoms with van der Waals surface area (Å²) in [5, 5.41) is 3.47. The Hall–Kier alpha value is -1.67. The first-order chi connectivity index (χ1) is 11.4. The fraction of sp³-hybridized carbons (Fsp3) is 0.812. The van der Waals surface area contributed by atoms with E-state index >= 15 is 0 Å². The monoisotopic (exact) mass is 342 g/mol. The fourth-order valence-corrected chi connectivity index (χ4v) is 2.77. The lowest BCUT2D eigenvalue weighted by atomic mass is 9.99. The largest absolute Gasteiger partial charge is 0.464 e. The smallest absolute Gasteiger partial charge is 0.338 e. The normalized spacial score (nSPS) is 28.0. The lowest BCUT2D eigenvalue weighted by molar-refractivity contribution is -0.293. The van der Waals surface area contributed by atoms with Crippen LogP contribution >= 0.6 is 0 Å². The number of hydrogen-bond acceptors (Lipinski definition) is 6. The molecule has 0 aliphatic carbocycles. The van der Waals surface area contributed by atoms with Gasteiger partial charge in [-0.2, -0.15) is 0 Å². The summed E-state index contributed by atoms with van der Waals surface area (Å²) in [6, 6.07) is -2.15. The van der Waals surface area contributed by atoms with Gasteiger partial charge in [0.25, 0.3) is 5.91 Å². The van der Waals surface area contributed by atoms with Crippen LogP contribution in [0, 0.1) is 5.92 Å². The van der Waals surface area contributed by atoms with Crippen molar-refractivity contribution in [2.24, 2.45) is 5.92 Å². The first kappa shape index (κ1) is 18.7. The number of carbonyl (C=O) groups excluding carboxylic acids is 3. The first-order valence-corrected chi connectivity index (χ1v) is 8.52. The maximum Gasteiger partial charge on any atom is 0.338 e. The van der Waals surface area contributed by atoms with Gasteiger partial charge in [0.1, 0.15) is 6.04 Å². The van der Waals surface area contributed by atoms with Gasteiger partial charge < -0.3 is 14.8 Å². The third-order valence-electron chi connectivity index (χ3n) is 3.92. The van der Waals surface area contributed by atoms with Crippen LogP contribution in [0.2, 0.25) is 0 Å². The molecule has 0 aromatic carbocycles. The molecule has 2 aliphatic heterocycles. The zero-order valence-corrected chi connectivity index (χ0v) is 14.4. The van der Waals surface area contributed by atoms with Gasteiger partial charge in [0, 0.05) is 13.0 Å². The van der Waals surface area contributed by atoms with Gasteiger partial charge in [-0.25, -0.2) is 14.7 Å². The lowest BCUT2D eigenvalue weighted by Crippen LogP contribution is -2.66. The number of hydroxylamine groups is 2. The molecule has 2 amide bonds. The second-order valence-electron chi connectivity index (χ2n) is 6.40. The van der Waals surface area contributed by atoms with Crippen molar-refractivity contribution >= 4 is 17.8 Å². The Bertz CT molecular complexity index is 475. The average molecular weight is 342 g/mol. The van der Waals surface area contributed by atoms with Crippen LogP contribution in [-0.2, 0) is 28.7 Å². The highest BCUT2D eigenvalue weighted by atomic mass is 16.8. The van der Waals surface area contributed by atoms with Crippen LogP contribution in [0.4, 0.5) is 0 Å². The van der Waals surface area contributed by atoms with Crippen molar-refractivity contribution in [3.05, 3.63) is 0 Å². The van der Waals surface area contributed by atoms with Gasteiger partial charge in [-0.3, -0.25) is 9.59 Å². The van der Waals surface area contributed by atoms with E-state index in [4.69, 9.17) is 14.3 Å². The van der Waals surface area contributed by atoms with Crippen molar-refractivity contribution in [1.82, 2.24) is 10.4 Å². The van der Waals surface area contributed by atoms with Crippen LogP contribution in [0.25, 0.3) is 0 Å². The molecule has 2 heterocycles. The second kappa shape index (κ2) is 8.43. The molecule has 3 unspecified atom stereocenters. The van der Waals surface area contributed by atoms with Crippen LogP contribution in [0.3, 0.4) is 0 Å². The molecular weight excluding hydrogens is 316 g/mol. The lowest BCUT2D eigenvalue weighted by Gasteiger charge is -2.39. The van der Waals surface area contributed by atoms with E-state index in [9.17, 15) is 14.4 Å². The molecule has 8 nitrogen and oxygen atoms in total. The third-order valence-corrected chi connectivity index (χ3v) is 3.92. The second-order valence-corrected chi connectivity index (χ2v) is 6.40. The Morgan fingerprint density at radius 3 is 2.71 bits per heavy atom. The maximum absolute atomic E-state index is 12.7. The Morgan fingerprint density at radius 1 is 1.38 bits per heavy atom. The Labute approximate surface area is 141 Å². The van der Waals surface area contributed by atoms with Gasteiger partial charge in [-0.15, -0.1) is 0 Å². The molecule has 24 heavy (non-hydrogen) atoms. The summed E-state index contributed by atoms with van der Waals surface area (Å²) in [7, 11) is 0. The van der Waals surface area contributed by atoms with Crippen molar-refractivity contribution in [1.29, 1.82) is 0 Å². The summed E-state index contributed by atoms with van der Waals surface area (Å²) in [4.78, 5) is 42.7. The quantitative estimate of drug-likeness (QED) is 0.565. The van der Waals surface area contributed by atoms with Crippen LogP contribution in [0.5, 0.6) is 0 Å². The topological polar surface area (TPSA) is 94.2 Å². The van der Waals surface area contributed by atoms with Crippen LogP contribution in [0.15, 0.2) is 0 Å². The Morgan fingerprint density at radius 2 is 2.12 bits per heavy atom. The number of esters is 1. The number of amides is 2. The predicted octanol–water partition coefficient (Wildman–Crippen LogP) is 0.749. The molecular formula is C16H26N2O6. The van der Waals surface area contributed by atoms with E-state index in [1.807, 2.05) is 13.8 Å². The summed E-state index contributed by atoms with van der Waals surface area (Å²) in [6.07, 6.45) is 2.36. The molecule has 0 saturated carbocycles. The molecule has 1 N–H and O–H groups in total. The minimum atomic E-state index is -1.37. The molecule has 2 aliphatic rings. The number of nitrogens with one attached hydrogen (secondary N) is 1. The molecule has 3 atom stereocenters. The van der Waals surface area contributed by atoms with Gasteiger partial charge in [-0.1, -0.05) is 13.8 Å². The summed E-state index contributed by atoms with van der Waals surface area (Å²) in [5.74, 6) is -1.65. The van der Waals surface area contributed by atoms with Crippen molar-refractivity contribution in [3.63, 3.8) is 0 Å². The molecule has 8 heteroatoms. The van der Waals surface area contributed by atoms with E-state index in [2.05, 4.69) is 5.32 Å². The van der Waals surface area contributed by atoms with E-state index < -0.39 is 36.2 Å². The van der Waals surface area contributed by atoms with E-state index in [0.717, 1.165) is 17.9 Å². The number of rotatable bonds is 6. The highest BCUT2D eigenvalue weighted by Crippen LogP contribution is 2.23. The maximum atomic E-state index is 12.7. The highest BCUT2D eigenvalue weighted by Gasteiger charge is 2.46. The summed E-state index contributed by atoms with van der Waals surface area (Å²) in [5.41, 5.74) is 0. The number of ether oxygens (including phenoxy) is 2. The van der Waals surface area contributed by atoms with Crippen LogP contribution in [0.1, 0.15) is 46.5 Å². The van der Waals surface area contributed by atoms with Gasteiger partial charge in [0.15, 0.2) is 6.29 Å². The Kier molecular flexibility index (Phi) is 6.56. The summed E-state index contributed by atoms with van der Waals surface area (Å²) in [6.45, 7) is 6.21. The minimum Gasteiger partial charge on any atom is -0.464 e. The van der Waals surface area contributed by atoms with Crippen molar-refractivity contribution in [3.8, 4) is 0 Å². The zero-order valence-electron chi connectivity index (χ0n) is 14.4. The van der Waals surface area contributed by atoms with Crippen molar-refractivity contribution in [2.75, 3.05) is 13.2 Å². The predicted molar refractivity (Wildman–Crippen MR) is 83.3 cm³/mol. The van der Waals surface area contributed by atoms with E-state index in [-0.39, 0.29) is 12.5 Å². The molecule has 2 fully saturated rings. The molecule has 0 spiro atoms. The molecule has 2 saturated heterocycles. The molecule has 0 aromatic rings. The number of piperazine rings is 1. The van der Waals surface area contributed by atoms with Crippen LogP contribution in [-0.4, -0.2) is 54.4 Å². The fourth-order valence-electron chi connectivity index (χ4n) is 2.77. The molecule has 2 rings (SSSR count). The van der Waals surface area contributed by atoms with Crippen LogP contribution < -0.4 is 5.32 Å². The highest BCUT2D eigenvalue weighted by molar-refractivity contribution is 6.08. The zero-order chi connectivity index (χ0) is 17.7. The van der Waals surface area contributed by atoms with Crippen molar-refractivity contribution in [2.45, 2.75) is 64.8 Å². The standard InChI is InChI=1S/C16H26N2O6/c1-4-22-16(21)13-15(20)18(24-12-7-5-6-8-23-12)11(9-10(2)3)14(19)17-13/h10-13H,4-9H2,1-3H3,(H,17,19). The van der Waals surface area contributed by atoms with E-state index in [1.54, 1.807) is 6.92 Å². The van der Waals surface area contributed by atoms with E-state index in [1.165, 1.54) is 0 Å². The van der Waals surface area contributed by atoms with Gasteiger partial charge in [0.2, 0.25) is 11.9 Å². The molecule has 0 radical (unpaired) electrons. The number of nitrogens with zero attached hydrogens (tertiary/aromatic N) is 1. The summed E-state index contributed by atoms with van der Waals surface area (Å²) >= 11 is 0. The van der Waals surface area contributed by atoms with Crippen molar-refractivity contribution < 1.29 is 28.7 Å². The van der Waals surface area contributed by atoms with Gasteiger partial charge in [-0.05, 0) is 32.1 Å². The molecule has 0 aromatic heterocycles. The molecule has 136 valence electrons.